The Morgan fingerprint density at radius 1 is 1.14 bits per heavy atom. The molecule has 0 aliphatic rings. The van der Waals surface area contributed by atoms with Gasteiger partial charge in [0.1, 0.15) is 5.82 Å². The lowest BCUT2D eigenvalue weighted by molar-refractivity contribution is 0.173. The van der Waals surface area contributed by atoms with Crippen LogP contribution in [0.3, 0.4) is 0 Å². The molecule has 1 unspecified atom stereocenters. The maximum atomic E-state index is 13.4. The van der Waals surface area contributed by atoms with Crippen molar-refractivity contribution in [3.05, 3.63) is 66.0 Å². The summed E-state index contributed by atoms with van der Waals surface area (Å²) < 4.78 is 13.4. The lowest BCUT2D eigenvalue weighted by atomic mass is 9.90. The lowest BCUT2D eigenvalue weighted by Crippen LogP contribution is -2.51. The summed E-state index contributed by atoms with van der Waals surface area (Å²) in [5.41, 5.74) is 1.18. The molecule has 1 atom stereocenters. The number of halogens is 1. The van der Waals surface area contributed by atoms with Crippen molar-refractivity contribution in [1.82, 2.24) is 5.32 Å². The first-order chi connectivity index (χ1) is 10.1. The Morgan fingerprint density at radius 2 is 1.86 bits per heavy atom. The van der Waals surface area contributed by atoms with Crippen LogP contribution in [0, 0.1) is 5.82 Å². The molecule has 2 aromatic rings. The average molecular weight is 288 g/mol. The maximum absolute atomic E-state index is 13.4. The van der Waals surface area contributed by atoms with E-state index in [-0.39, 0.29) is 12.4 Å². The molecule has 0 saturated carbocycles. The van der Waals surface area contributed by atoms with Gasteiger partial charge >= 0.3 is 0 Å². The van der Waals surface area contributed by atoms with E-state index in [1.54, 1.807) is 6.07 Å². The number of nitrogens with zero attached hydrogens (tertiary/aromatic N) is 1. The molecule has 2 aromatic carbocycles. The SMILES string of the molecule is CNC(CO)(CN(C)c1cccc(F)c1)c1ccccc1. The van der Waals surface area contributed by atoms with Crippen molar-refractivity contribution in [3.63, 3.8) is 0 Å². The number of nitrogens with one attached hydrogen (secondary N) is 1. The molecule has 0 spiro atoms. The predicted octanol–water partition coefficient (Wildman–Crippen LogP) is 2.37. The van der Waals surface area contributed by atoms with Crippen LogP contribution >= 0.6 is 0 Å². The highest BCUT2D eigenvalue weighted by atomic mass is 19.1. The third-order valence-electron chi connectivity index (χ3n) is 3.83. The van der Waals surface area contributed by atoms with Gasteiger partial charge < -0.3 is 15.3 Å². The molecule has 21 heavy (non-hydrogen) atoms. The van der Waals surface area contributed by atoms with E-state index in [4.69, 9.17) is 0 Å². The molecule has 0 aliphatic heterocycles. The summed E-state index contributed by atoms with van der Waals surface area (Å²) in [6.45, 7) is 0.473. The minimum Gasteiger partial charge on any atom is -0.394 e. The summed E-state index contributed by atoms with van der Waals surface area (Å²) in [5, 5.41) is 13.1. The van der Waals surface area contributed by atoms with Crippen LogP contribution < -0.4 is 10.2 Å². The normalized spacial score (nSPS) is 13.7. The zero-order valence-corrected chi connectivity index (χ0v) is 12.4. The number of aliphatic hydroxyl groups is 1. The van der Waals surface area contributed by atoms with E-state index in [2.05, 4.69) is 5.32 Å². The summed E-state index contributed by atoms with van der Waals surface area (Å²) in [4.78, 5) is 1.93. The fraction of sp³-hybridized carbons (Fsp3) is 0.294. The molecule has 0 aliphatic carbocycles. The minimum atomic E-state index is -0.595. The van der Waals surface area contributed by atoms with Gasteiger partial charge in [-0.1, -0.05) is 36.4 Å². The van der Waals surface area contributed by atoms with Crippen molar-refractivity contribution < 1.29 is 9.50 Å². The number of likely N-dealkylation sites (N-methyl/N-ethyl adjacent to an activating group) is 2. The number of benzene rings is 2. The van der Waals surface area contributed by atoms with Crippen molar-refractivity contribution in [1.29, 1.82) is 0 Å². The third-order valence-corrected chi connectivity index (χ3v) is 3.83. The summed E-state index contributed by atoms with van der Waals surface area (Å²) in [5.74, 6) is -0.266. The van der Waals surface area contributed by atoms with Gasteiger partial charge in [-0.2, -0.15) is 0 Å². The van der Waals surface area contributed by atoms with Crippen LogP contribution in [-0.2, 0) is 5.54 Å². The zero-order valence-electron chi connectivity index (χ0n) is 12.4. The van der Waals surface area contributed by atoms with Gasteiger partial charge in [-0.05, 0) is 30.8 Å². The number of hydrogen-bond donors (Lipinski definition) is 2. The van der Waals surface area contributed by atoms with Crippen LogP contribution in [0.4, 0.5) is 10.1 Å². The Kier molecular flexibility index (Phi) is 4.94. The van der Waals surface area contributed by atoms with Crippen molar-refractivity contribution in [2.24, 2.45) is 0 Å². The predicted molar refractivity (Wildman–Crippen MR) is 83.9 cm³/mol. The van der Waals surface area contributed by atoms with Gasteiger partial charge in [-0.3, -0.25) is 0 Å². The second kappa shape index (κ2) is 6.70. The number of anilines is 1. The van der Waals surface area contributed by atoms with Crippen molar-refractivity contribution in [2.45, 2.75) is 5.54 Å². The summed E-state index contributed by atoms with van der Waals surface area (Å²) in [6.07, 6.45) is 0. The van der Waals surface area contributed by atoms with E-state index in [9.17, 15) is 9.50 Å². The van der Waals surface area contributed by atoms with Crippen molar-refractivity contribution >= 4 is 5.69 Å². The van der Waals surface area contributed by atoms with E-state index >= 15 is 0 Å². The quantitative estimate of drug-likeness (QED) is 0.856. The van der Waals surface area contributed by atoms with Crippen LogP contribution in [0.2, 0.25) is 0 Å². The Balaban J connectivity index is 2.28. The van der Waals surface area contributed by atoms with Crippen LogP contribution in [0.25, 0.3) is 0 Å². The Bertz CT molecular complexity index is 570. The number of aliphatic hydroxyl groups excluding tert-OH is 1. The first-order valence-corrected chi connectivity index (χ1v) is 6.93. The van der Waals surface area contributed by atoms with Gasteiger partial charge in [-0.25, -0.2) is 4.39 Å². The second-order valence-electron chi connectivity index (χ2n) is 5.19. The van der Waals surface area contributed by atoms with Crippen molar-refractivity contribution in [2.75, 3.05) is 32.1 Å². The van der Waals surface area contributed by atoms with Crippen molar-refractivity contribution in [3.8, 4) is 0 Å². The fourth-order valence-electron chi connectivity index (χ4n) is 2.50. The monoisotopic (exact) mass is 288 g/mol. The Hall–Kier alpha value is -1.91. The van der Waals surface area contributed by atoms with E-state index in [0.717, 1.165) is 11.3 Å². The van der Waals surface area contributed by atoms with Crippen LogP contribution in [-0.4, -0.2) is 32.4 Å². The third kappa shape index (κ3) is 3.40. The highest BCUT2D eigenvalue weighted by Gasteiger charge is 2.31. The summed E-state index contributed by atoms with van der Waals surface area (Å²) in [6, 6.07) is 16.2. The number of hydrogen-bond acceptors (Lipinski definition) is 3. The summed E-state index contributed by atoms with van der Waals surface area (Å²) in [7, 11) is 3.71. The first kappa shape index (κ1) is 15.5. The topological polar surface area (TPSA) is 35.5 Å². The molecule has 0 aromatic heterocycles. The van der Waals surface area contributed by atoms with Gasteiger partial charge in [0.05, 0.1) is 12.1 Å². The Labute approximate surface area is 125 Å². The second-order valence-corrected chi connectivity index (χ2v) is 5.19. The van der Waals surface area contributed by atoms with E-state index in [1.807, 2.05) is 55.4 Å². The molecule has 0 amide bonds. The highest BCUT2D eigenvalue weighted by Crippen LogP contribution is 2.24. The lowest BCUT2D eigenvalue weighted by Gasteiger charge is -2.37. The summed E-state index contributed by atoms with van der Waals surface area (Å²) >= 11 is 0. The molecule has 2 rings (SSSR count). The van der Waals surface area contributed by atoms with Crippen LogP contribution in [0.15, 0.2) is 54.6 Å². The first-order valence-electron chi connectivity index (χ1n) is 6.93. The molecule has 0 saturated heterocycles. The molecule has 0 radical (unpaired) electrons. The molecule has 0 heterocycles. The van der Waals surface area contributed by atoms with E-state index in [0.29, 0.717) is 6.54 Å². The van der Waals surface area contributed by atoms with Gasteiger partial charge in [0.2, 0.25) is 0 Å². The smallest absolute Gasteiger partial charge is 0.125 e. The van der Waals surface area contributed by atoms with Crippen LogP contribution in [0.1, 0.15) is 5.56 Å². The fourth-order valence-corrected chi connectivity index (χ4v) is 2.50. The molecular formula is C17H21FN2O. The average Bonchev–Trinajstić information content (AvgIpc) is 2.53. The molecule has 2 N–H and O–H groups in total. The molecule has 112 valence electrons. The standard InChI is InChI=1S/C17H21FN2O/c1-19-17(13-21,14-7-4-3-5-8-14)12-20(2)16-10-6-9-15(18)11-16/h3-11,19,21H,12-13H2,1-2H3. The molecule has 0 fully saturated rings. The number of rotatable bonds is 6. The highest BCUT2D eigenvalue weighted by molar-refractivity contribution is 5.46. The van der Waals surface area contributed by atoms with E-state index in [1.165, 1.54) is 12.1 Å². The molecule has 3 nitrogen and oxygen atoms in total. The largest absolute Gasteiger partial charge is 0.394 e. The minimum absolute atomic E-state index is 0.0484. The molecule has 4 heteroatoms. The van der Waals surface area contributed by atoms with Crippen LogP contribution in [0.5, 0.6) is 0 Å². The zero-order chi connectivity index (χ0) is 15.3. The van der Waals surface area contributed by atoms with Gasteiger partial charge in [-0.15, -0.1) is 0 Å². The van der Waals surface area contributed by atoms with Gasteiger partial charge in [0, 0.05) is 19.3 Å². The van der Waals surface area contributed by atoms with E-state index < -0.39 is 5.54 Å². The Morgan fingerprint density at radius 3 is 2.43 bits per heavy atom. The molecular weight excluding hydrogens is 267 g/mol. The van der Waals surface area contributed by atoms with Gasteiger partial charge in [0.15, 0.2) is 0 Å². The maximum Gasteiger partial charge on any atom is 0.125 e. The van der Waals surface area contributed by atoms with Gasteiger partial charge in [0.25, 0.3) is 0 Å². The molecule has 0 bridgehead atoms.